The highest BCUT2D eigenvalue weighted by Gasteiger charge is 2.17. The Kier molecular flexibility index (Phi) is 5.44. The first kappa shape index (κ1) is 15.6. The largest absolute Gasteiger partial charge is 0.452 e. The maximum absolute atomic E-state index is 11.8. The number of hydrogen-bond acceptors (Lipinski definition) is 4. The lowest BCUT2D eigenvalue weighted by Crippen LogP contribution is -2.38. The molecule has 21 heavy (non-hydrogen) atoms. The van der Waals surface area contributed by atoms with Crippen molar-refractivity contribution in [3.63, 3.8) is 0 Å². The summed E-state index contributed by atoms with van der Waals surface area (Å²) in [5.41, 5.74) is 6.20. The zero-order valence-corrected chi connectivity index (χ0v) is 12.5. The van der Waals surface area contributed by atoms with E-state index in [1.54, 1.807) is 0 Å². The molecule has 6 heteroatoms. The van der Waals surface area contributed by atoms with Crippen LogP contribution in [0.1, 0.15) is 42.5 Å². The van der Waals surface area contributed by atoms with Gasteiger partial charge < -0.3 is 15.8 Å². The van der Waals surface area contributed by atoms with E-state index in [1.165, 1.54) is 24.6 Å². The van der Waals surface area contributed by atoms with Crippen LogP contribution >= 0.6 is 11.6 Å². The van der Waals surface area contributed by atoms with Crippen LogP contribution in [0.25, 0.3) is 0 Å². The van der Waals surface area contributed by atoms with Crippen molar-refractivity contribution in [2.24, 2.45) is 0 Å². The number of nitrogen functional groups attached to an aromatic ring is 1. The Morgan fingerprint density at radius 1 is 1.29 bits per heavy atom. The van der Waals surface area contributed by atoms with Gasteiger partial charge in [-0.25, -0.2) is 4.79 Å². The quantitative estimate of drug-likeness (QED) is 0.661. The molecule has 0 aliphatic heterocycles. The molecule has 1 amide bonds. The highest BCUT2D eigenvalue weighted by atomic mass is 35.5. The first-order valence-electron chi connectivity index (χ1n) is 7.08. The lowest BCUT2D eigenvalue weighted by molar-refractivity contribution is -0.125. The van der Waals surface area contributed by atoms with Crippen molar-refractivity contribution in [3.8, 4) is 0 Å². The monoisotopic (exact) mass is 310 g/mol. The number of esters is 1. The average Bonchev–Trinajstić information content (AvgIpc) is 2.48. The predicted molar refractivity (Wildman–Crippen MR) is 81.2 cm³/mol. The first-order chi connectivity index (χ1) is 10.1. The van der Waals surface area contributed by atoms with Gasteiger partial charge in [-0.2, -0.15) is 0 Å². The van der Waals surface area contributed by atoms with Crippen molar-refractivity contribution in [2.45, 2.75) is 38.1 Å². The number of carbonyl (C=O) groups excluding carboxylic acids is 2. The number of rotatable bonds is 4. The van der Waals surface area contributed by atoms with E-state index in [0.29, 0.717) is 10.7 Å². The summed E-state index contributed by atoms with van der Waals surface area (Å²) in [5, 5.41) is 3.26. The Balaban J connectivity index is 1.80. The van der Waals surface area contributed by atoms with Gasteiger partial charge in [0.1, 0.15) is 0 Å². The van der Waals surface area contributed by atoms with Gasteiger partial charge in [-0.3, -0.25) is 4.79 Å². The maximum atomic E-state index is 11.8. The van der Waals surface area contributed by atoms with Crippen LogP contribution in [0.5, 0.6) is 0 Å². The Hall–Kier alpha value is -1.75. The van der Waals surface area contributed by atoms with Gasteiger partial charge in [-0.05, 0) is 31.0 Å². The fraction of sp³-hybridized carbons (Fsp3) is 0.467. The van der Waals surface area contributed by atoms with Crippen LogP contribution in [-0.4, -0.2) is 24.5 Å². The van der Waals surface area contributed by atoms with Crippen LogP contribution in [0.2, 0.25) is 5.02 Å². The molecular weight excluding hydrogens is 292 g/mol. The summed E-state index contributed by atoms with van der Waals surface area (Å²) < 4.78 is 4.98. The van der Waals surface area contributed by atoms with Crippen LogP contribution in [0, 0.1) is 0 Å². The predicted octanol–water partition coefficient (Wildman–Crippen LogP) is 2.53. The van der Waals surface area contributed by atoms with Gasteiger partial charge in [0.25, 0.3) is 5.91 Å². The van der Waals surface area contributed by atoms with Crippen molar-refractivity contribution in [2.75, 3.05) is 12.3 Å². The molecule has 1 aromatic rings. The number of benzene rings is 1. The molecule has 5 nitrogen and oxygen atoms in total. The molecule has 3 N–H and O–H groups in total. The van der Waals surface area contributed by atoms with Crippen molar-refractivity contribution >= 4 is 29.2 Å². The molecule has 0 unspecified atom stereocenters. The molecule has 0 atom stereocenters. The standard InChI is InChI=1S/C15H19ClN2O3/c16-12-7-6-10(8-13(12)17)15(20)21-9-14(19)18-11-4-2-1-3-5-11/h6-8,11H,1-5,9,17H2,(H,18,19). The number of hydrogen-bond donors (Lipinski definition) is 2. The van der Waals surface area contributed by atoms with E-state index < -0.39 is 5.97 Å². The second-order valence-electron chi connectivity index (χ2n) is 5.21. The molecule has 1 saturated carbocycles. The molecule has 114 valence electrons. The Morgan fingerprint density at radius 2 is 2.00 bits per heavy atom. The van der Waals surface area contributed by atoms with Crippen LogP contribution in [-0.2, 0) is 9.53 Å². The number of nitrogens with two attached hydrogens (primary N) is 1. The lowest BCUT2D eigenvalue weighted by atomic mass is 9.95. The zero-order chi connectivity index (χ0) is 15.2. The normalized spacial score (nSPS) is 15.5. The summed E-state index contributed by atoms with van der Waals surface area (Å²) in [7, 11) is 0. The number of carbonyl (C=O) groups is 2. The number of ether oxygens (including phenoxy) is 1. The summed E-state index contributed by atoms with van der Waals surface area (Å²) >= 11 is 5.78. The maximum Gasteiger partial charge on any atom is 0.338 e. The van der Waals surface area contributed by atoms with E-state index >= 15 is 0 Å². The second-order valence-corrected chi connectivity index (χ2v) is 5.62. The number of nitrogens with one attached hydrogen (secondary N) is 1. The minimum atomic E-state index is -0.586. The second kappa shape index (κ2) is 7.31. The minimum Gasteiger partial charge on any atom is -0.452 e. The van der Waals surface area contributed by atoms with Crippen molar-refractivity contribution < 1.29 is 14.3 Å². The van der Waals surface area contributed by atoms with E-state index in [-0.39, 0.29) is 24.1 Å². The molecule has 0 spiro atoms. The summed E-state index contributed by atoms with van der Waals surface area (Å²) in [6, 6.07) is 4.68. The molecule has 0 aromatic heterocycles. The van der Waals surface area contributed by atoms with Gasteiger partial charge in [-0.1, -0.05) is 30.9 Å². The average molecular weight is 311 g/mol. The van der Waals surface area contributed by atoms with Gasteiger partial charge in [-0.15, -0.1) is 0 Å². The molecular formula is C15H19ClN2O3. The highest BCUT2D eigenvalue weighted by molar-refractivity contribution is 6.33. The summed E-state index contributed by atoms with van der Waals surface area (Å²) in [6.45, 7) is -0.280. The summed E-state index contributed by atoms with van der Waals surface area (Å²) in [5.74, 6) is -0.852. The molecule has 0 radical (unpaired) electrons. The van der Waals surface area contributed by atoms with Crippen molar-refractivity contribution in [3.05, 3.63) is 28.8 Å². The van der Waals surface area contributed by atoms with Crippen LogP contribution in [0.3, 0.4) is 0 Å². The molecule has 2 rings (SSSR count). The topological polar surface area (TPSA) is 81.4 Å². The Morgan fingerprint density at radius 3 is 2.67 bits per heavy atom. The van der Waals surface area contributed by atoms with Gasteiger partial charge in [0.05, 0.1) is 16.3 Å². The van der Waals surface area contributed by atoms with E-state index in [2.05, 4.69) is 5.32 Å². The molecule has 1 aliphatic carbocycles. The fourth-order valence-electron chi connectivity index (χ4n) is 2.40. The van der Waals surface area contributed by atoms with E-state index in [1.807, 2.05) is 0 Å². The Labute approximate surface area is 128 Å². The Bertz CT molecular complexity index is 528. The SMILES string of the molecule is Nc1cc(C(=O)OCC(=O)NC2CCCCC2)ccc1Cl. The van der Waals surface area contributed by atoms with Gasteiger partial charge in [0.2, 0.25) is 0 Å². The minimum absolute atomic E-state index is 0.205. The molecule has 0 heterocycles. The third-order valence-corrected chi connectivity index (χ3v) is 3.88. The van der Waals surface area contributed by atoms with E-state index in [4.69, 9.17) is 22.1 Å². The third-order valence-electron chi connectivity index (χ3n) is 3.54. The third kappa shape index (κ3) is 4.63. The highest BCUT2D eigenvalue weighted by Crippen LogP contribution is 2.20. The molecule has 0 bridgehead atoms. The van der Waals surface area contributed by atoms with Crippen LogP contribution in [0.4, 0.5) is 5.69 Å². The lowest BCUT2D eigenvalue weighted by Gasteiger charge is -2.22. The van der Waals surface area contributed by atoms with Crippen LogP contribution in [0.15, 0.2) is 18.2 Å². The van der Waals surface area contributed by atoms with Crippen molar-refractivity contribution in [1.29, 1.82) is 0 Å². The molecule has 1 aliphatic rings. The van der Waals surface area contributed by atoms with Gasteiger partial charge in [0, 0.05) is 6.04 Å². The molecule has 1 fully saturated rings. The number of anilines is 1. The zero-order valence-electron chi connectivity index (χ0n) is 11.7. The molecule has 0 saturated heterocycles. The smallest absolute Gasteiger partial charge is 0.338 e. The van der Waals surface area contributed by atoms with Gasteiger partial charge >= 0.3 is 5.97 Å². The summed E-state index contributed by atoms with van der Waals surface area (Å²) in [4.78, 5) is 23.5. The summed E-state index contributed by atoms with van der Waals surface area (Å²) in [6.07, 6.45) is 5.48. The van der Waals surface area contributed by atoms with E-state index in [9.17, 15) is 9.59 Å². The van der Waals surface area contributed by atoms with Crippen LogP contribution < -0.4 is 11.1 Å². The number of halogens is 1. The van der Waals surface area contributed by atoms with Gasteiger partial charge in [0.15, 0.2) is 6.61 Å². The first-order valence-corrected chi connectivity index (χ1v) is 7.45. The van der Waals surface area contributed by atoms with E-state index in [0.717, 1.165) is 25.7 Å². The molecule has 1 aromatic carbocycles. The number of amides is 1. The van der Waals surface area contributed by atoms with Crippen molar-refractivity contribution in [1.82, 2.24) is 5.32 Å². The fourth-order valence-corrected chi connectivity index (χ4v) is 2.52.